The summed E-state index contributed by atoms with van der Waals surface area (Å²) < 4.78 is 14.8. The molecule has 106 valence electrons. The second kappa shape index (κ2) is 6.85. The summed E-state index contributed by atoms with van der Waals surface area (Å²) in [5, 5.41) is 3.41. The third-order valence-electron chi connectivity index (χ3n) is 4.36. The average molecular weight is 328 g/mol. The van der Waals surface area contributed by atoms with Gasteiger partial charge in [0.2, 0.25) is 0 Å². The number of nitrogens with one attached hydrogen (secondary N) is 1. The first kappa shape index (κ1) is 15.0. The highest BCUT2D eigenvalue weighted by Crippen LogP contribution is 2.32. The van der Waals surface area contributed by atoms with Crippen molar-refractivity contribution in [3.63, 3.8) is 0 Å². The minimum atomic E-state index is -0.0905. The molecule has 0 bridgehead atoms. The average Bonchev–Trinajstić information content (AvgIpc) is 2.39. The van der Waals surface area contributed by atoms with Gasteiger partial charge in [-0.05, 0) is 61.9 Å². The van der Waals surface area contributed by atoms with Crippen molar-refractivity contribution >= 4 is 15.9 Å². The van der Waals surface area contributed by atoms with Crippen LogP contribution in [-0.4, -0.2) is 13.1 Å². The van der Waals surface area contributed by atoms with E-state index in [1.54, 1.807) is 12.1 Å². The summed E-state index contributed by atoms with van der Waals surface area (Å²) in [7, 11) is 2.00. The van der Waals surface area contributed by atoms with Crippen LogP contribution in [0.2, 0.25) is 0 Å². The van der Waals surface area contributed by atoms with Crippen LogP contribution < -0.4 is 5.32 Å². The first-order chi connectivity index (χ1) is 9.10. The van der Waals surface area contributed by atoms with Gasteiger partial charge in [0.05, 0.1) is 0 Å². The molecule has 3 unspecified atom stereocenters. The van der Waals surface area contributed by atoms with Gasteiger partial charge in [-0.15, -0.1) is 0 Å². The summed E-state index contributed by atoms with van der Waals surface area (Å²) >= 11 is 3.43. The zero-order chi connectivity index (χ0) is 13.8. The van der Waals surface area contributed by atoms with Crippen LogP contribution in [0.3, 0.4) is 0 Å². The number of hydrogen-bond donors (Lipinski definition) is 1. The third kappa shape index (κ3) is 4.03. The van der Waals surface area contributed by atoms with Gasteiger partial charge >= 0.3 is 0 Å². The van der Waals surface area contributed by atoms with Crippen LogP contribution in [0.5, 0.6) is 0 Å². The van der Waals surface area contributed by atoms with E-state index in [9.17, 15) is 4.39 Å². The lowest BCUT2D eigenvalue weighted by Gasteiger charge is -2.33. The molecule has 0 spiro atoms. The molecule has 1 nitrogen and oxygen atoms in total. The van der Waals surface area contributed by atoms with Crippen molar-refractivity contribution in [2.75, 3.05) is 7.05 Å². The van der Waals surface area contributed by atoms with E-state index in [1.807, 2.05) is 13.1 Å². The number of likely N-dealkylation sites (N-methyl/N-ethyl adjacent to an activating group) is 1. The number of hydrogen-bond acceptors (Lipinski definition) is 1. The normalized spacial score (nSPS) is 25.3. The molecular formula is C16H23BrFN. The van der Waals surface area contributed by atoms with Crippen molar-refractivity contribution in [2.24, 2.45) is 11.8 Å². The zero-order valence-corrected chi connectivity index (χ0v) is 13.3. The second-order valence-electron chi connectivity index (χ2n) is 5.87. The highest BCUT2D eigenvalue weighted by atomic mass is 79.9. The lowest BCUT2D eigenvalue weighted by atomic mass is 9.77. The Morgan fingerprint density at radius 1 is 1.42 bits per heavy atom. The van der Waals surface area contributed by atoms with Crippen molar-refractivity contribution in [3.05, 3.63) is 34.1 Å². The van der Waals surface area contributed by atoms with E-state index in [0.717, 1.165) is 22.4 Å². The molecule has 3 atom stereocenters. The molecule has 1 aliphatic rings. The SMILES string of the molecule is CNC(Cc1cc(Br)ccc1F)C1CCCC(C)C1. The number of rotatable bonds is 4. The fourth-order valence-corrected chi connectivity index (χ4v) is 3.70. The van der Waals surface area contributed by atoms with Gasteiger partial charge in [-0.3, -0.25) is 0 Å². The van der Waals surface area contributed by atoms with E-state index >= 15 is 0 Å². The molecule has 19 heavy (non-hydrogen) atoms. The van der Waals surface area contributed by atoms with Gasteiger partial charge < -0.3 is 5.32 Å². The fraction of sp³-hybridized carbons (Fsp3) is 0.625. The zero-order valence-electron chi connectivity index (χ0n) is 11.8. The molecule has 3 heteroatoms. The Kier molecular flexibility index (Phi) is 5.40. The molecule has 1 fully saturated rings. The van der Waals surface area contributed by atoms with Crippen molar-refractivity contribution < 1.29 is 4.39 Å². The summed E-state index contributed by atoms with van der Waals surface area (Å²) in [5.41, 5.74) is 0.812. The van der Waals surface area contributed by atoms with Crippen molar-refractivity contribution in [1.82, 2.24) is 5.32 Å². The van der Waals surface area contributed by atoms with Gasteiger partial charge in [-0.1, -0.05) is 35.7 Å². The molecule has 2 rings (SSSR count). The Balaban J connectivity index is 2.07. The highest BCUT2D eigenvalue weighted by molar-refractivity contribution is 9.10. The van der Waals surface area contributed by atoms with Crippen LogP contribution in [0.15, 0.2) is 22.7 Å². The molecule has 0 amide bonds. The minimum absolute atomic E-state index is 0.0905. The molecule has 0 radical (unpaired) electrons. The van der Waals surface area contributed by atoms with Crippen molar-refractivity contribution in [1.29, 1.82) is 0 Å². The van der Waals surface area contributed by atoms with Crippen LogP contribution in [0.1, 0.15) is 38.2 Å². The van der Waals surface area contributed by atoms with E-state index in [-0.39, 0.29) is 5.82 Å². The van der Waals surface area contributed by atoms with E-state index < -0.39 is 0 Å². The monoisotopic (exact) mass is 327 g/mol. The topological polar surface area (TPSA) is 12.0 Å². The Morgan fingerprint density at radius 2 is 2.21 bits per heavy atom. The minimum Gasteiger partial charge on any atom is -0.316 e. The summed E-state index contributed by atoms with van der Waals surface area (Å²) in [6.07, 6.45) is 5.97. The highest BCUT2D eigenvalue weighted by Gasteiger charge is 2.26. The molecule has 1 N–H and O–H groups in total. The van der Waals surface area contributed by atoms with Gasteiger partial charge in [0.15, 0.2) is 0 Å². The Labute approximate surface area is 124 Å². The van der Waals surface area contributed by atoms with E-state index in [2.05, 4.69) is 28.2 Å². The molecule has 0 aromatic heterocycles. The van der Waals surface area contributed by atoms with Gasteiger partial charge in [-0.2, -0.15) is 0 Å². The molecule has 0 heterocycles. The predicted molar refractivity (Wildman–Crippen MR) is 81.8 cm³/mol. The molecule has 0 aliphatic heterocycles. The molecule has 1 aromatic rings. The lowest BCUT2D eigenvalue weighted by Crippen LogP contribution is -2.38. The fourth-order valence-electron chi connectivity index (χ4n) is 3.29. The molecular weight excluding hydrogens is 305 g/mol. The van der Waals surface area contributed by atoms with Crippen LogP contribution in [0, 0.1) is 17.7 Å². The summed E-state index contributed by atoms with van der Waals surface area (Å²) in [6, 6.07) is 5.60. The van der Waals surface area contributed by atoms with Crippen LogP contribution in [0.4, 0.5) is 4.39 Å². The first-order valence-corrected chi connectivity index (χ1v) is 8.00. The summed E-state index contributed by atoms with van der Waals surface area (Å²) in [4.78, 5) is 0. The summed E-state index contributed by atoms with van der Waals surface area (Å²) in [5.74, 6) is 1.39. The molecule has 1 aliphatic carbocycles. The first-order valence-electron chi connectivity index (χ1n) is 7.21. The van der Waals surface area contributed by atoms with Gasteiger partial charge in [0, 0.05) is 10.5 Å². The Bertz CT molecular complexity index is 421. The maximum Gasteiger partial charge on any atom is 0.126 e. The van der Waals surface area contributed by atoms with Gasteiger partial charge in [0.25, 0.3) is 0 Å². The quantitative estimate of drug-likeness (QED) is 0.855. The van der Waals surface area contributed by atoms with Gasteiger partial charge in [-0.25, -0.2) is 4.39 Å². The van der Waals surface area contributed by atoms with Crippen LogP contribution >= 0.6 is 15.9 Å². The van der Waals surface area contributed by atoms with E-state index in [4.69, 9.17) is 0 Å². The second-order valence-corrected chi connectivity index (χ2v) is 6.78. The Hall–Kier alpha value is -0.410. The summed E-state index contributed by atoms with van der Waals surface area (Å²) in [6.45, 7) is 2.33. The third-order valence-corrected chi connectivity index (χ3v) is 4.86. The maximum atomic E-state index is 13.9. The number of benzene rings is 1. The van der Waals surface area contributed by atoms with Crippen molar-refractivity contribution in [2.45, 2.75) is 45.1 Å². The van der Waals surface area contributed by atoms with Crippen LogP contribution in [0.25, 0.3) is 0 Å². The van der Waals surface area contributed by atoms with Gasteiger partial charge in [0.1, 0.15) is 5.82 Å². The lowest BCUT2D eigenvalue weighted by molar-refractivity contribution is 0.226. The maximum absolute atomic E-state index is 13.9. The smallest absolute Gasteiger partial charge is 0.126 e. The molecule has 0 saturated heterocycles. The van der Waals surface area contributed by atoms with Crippen LogP contribution in [-0.2, 0) is 6.42 Å². The predicted octanol–water partition coefficient (Wildman–Crippen LogP) is 4.55. The van der Waals surface area contributed by atoms with E-state index in [0.29, 0.717) is 12.0 Å². The molecule has 1 saturated carbocycles. The van der Waals surface area contributed by atoms with Crippen molar-refractivity contribution in [3.8, 4) is 0 Å². The molecule has 1 aromatic carbocycles. The largest absolute Gasteiger partial charge is 0.316 e. The van der Waals surface area contributed by atoms with E-state index in [1.165, 1.54) is 25.7 Å². The Morgan fingerprint density at radius 3 is 2.89 bits per heavy atom. The number of halogens is 2. The standard InChI is InChI=1S/C16H23BrFN/c1-11-4-3-5-12(8-11)16(19-2)10-13-9-14(17)6-7-15(13)18/h6-7,9,11-12,16,19H,3-5,8,10H2,1-2H3.